The Morgan fingerprint density at radius 1 is 1.42 bits per heavy atom. The van der Waals surface area contributed by atoms with Gasteiger partial charge in [0, 0.05) is 23.7 Å². The van der Waals surface area contributed by atoms with Crippen molar-refractivity contribution in [2.75, 3.05) is 20.7 Å². The molecule has 0 unspecified atom stereocenters. The van der Waals surface area contributed by atoms with E-state index in [4.69, 9.17) is 9.15 Å². The van der Waals surface area contributed by atoms with Gasteiger partial charge in [0.25, 0.3) is 0 Å². The van der Waals surface area contributed by atoms with E-state index in [9.17, 15) is 0 Å². The monoisotopic (exact) mass is 266 g/mol. The lowest BCUT2D eigenvalue weighted by atomic mass is 10.1. The Bertz CT molecular complexity index is 395. The minimum Gasteiger partial charge on any atom is -0.467 e. The smallest absolute Gasteiger partial charge is 0.129 e. The first-order valence-corrected chi connectivity index (χ1v) is 7.02. The molecule has 4 nitrogen and oxygen atoms in total. The number of furan rings is 1. The molecule has 19 heavy (non-hydrogen) atoms. The van der Waals surface area contributed by atoms with Crippen molar-refractivity contribution < 1.29 is 9.15 Å². The molecular weight excluding hydrogens is 240 g/mol. The van der Waals surface area contributed by atoms with Crippen LogP contribution in [0.25, 0.3) is 0 Å². The van der Waals surface area contributed by atoms with Gasteiger partial charge >= 0.3 is 0 Å². The number of hydrogen-bond acceptors (Lipinski definition) is 4. The highest BCUT2D eigenvalue weighted by Gasteiger charge is 2.21. The van der Waals surface area contributed by atoms with E-state index in [0.29, 0.717) is 13.2 Å². The van der Waals surface area contributed by atoms with Crippen molar-refractivity contribution in [2.24, 2.45) is 0 Å². The molecule has 0 bridgehead atoms. The van der Waals surface area contributed by atoms with Crippen molar-refractivity contribution in [3.05, 3.63) is 23.7 Å². The number of ether oxygens (including phenoxy) is 1. The second-order valence-corrected chi connectivity index (χ2v) is 6.28. The highest BCUT2D eigenvalue weighted by atomic mass is 16.5. The summed E-state index contributed by atoms with van der Waals surface area (Å²) >= 11 is 0. The van der Waals surface area contributed by atoms with Gasteiger partial charge in [0.2, 0.25) is 0 Å². The topological polar surface area (TPSA) is 37.6 Å². The summed E-state index contributed by atoms with van der Waals surface area (Å²) in [7, 11) is 4.13. The van der Waals surface area contributed by atoms with Gasteiger partial charge in [-0.1, -0.05) is 0 Å². The van der Waals surface area contributed by atoms with Gasteiger partial charge in [0.15, 0.2) is 0 Å². The molecule has 1 aliphatic carbocycles. The number of nitrogens with zero attached hydrogens (tertiary/aromatic N) is 1. The molecule has 1 fully saturated rings. The van der Waals surface area contributed by atoms with Crippen molar-refractivity contribution in [3.63, 3.8) is 0 Å². The quantitative estimate of drug-likeness (QED) is 0.784. The lowest BCUT2D eigenvalue weighted by molar-refractivity contribution is 0.0209. The van der Waals surface area contributed by atoms with Crippen molar-refractivity contribution in [3.8, 4) is 0 Å². The Balaban J connectivity index is 1.70. The van der Waals surface area contributed by atoms with E-state index < -0.39 is 0 Å². The fourth-order valence-electron chi connectivity index (χ4n) is 1.67. The van der Waals surface area contributed by atoms with Crippen molar-refractivity contribution in [1.82, 2.24) is 10.2 Å². The van der Waals surface area contributed by atoms with Crippen LogP contribution in [0.15, 0.2) is 16.7 Å². The van der Waals surface area contributed by atoms with Crippen LogP contribution in [0, 0.1) is 0 Å². The SMILES string of the molecule is CN(C)C(C)(C)COCc1cc(CNC2CC2)co1. The Hall–Kier alpha value is -0.840. The summed E-state index contributed by atoms with van der Waals surface area (Å²) < 4.78 is 11.3. The van der Waals surface area contributed by atoms with E-state index in [0.717, 1.165) is 18.3 Å². The summed E-state index contributed by atoms with van der Waals surface area (Å²) in [6.45, 7) is 6.47. The zero-order valence-corrected chi connectivity index (χ0v) is 12.5. The van der Waals surface area contributed by atoms with E-state index >= 15 is 0 Å². The van der Waals surface area contributed by atoms with E-state index in [2.05, 4.69) is 44.2 Å². The van der Waals surface area contributed by atoms with E-state index in [1.807, 2.05) is 6.26 Å². The maximum absolute atomic E-state index is 5.74. The lowest BCUT2D eigenvalue weighted by Gasteiger charge is -2.31. The van der Waals surface area contributed by atoms with Crippen LogP contribution in [0.1, 0.15) is 38.0 Å². The Labute approximate surface area is 116 Å². The summed E-state index contributed by atoms with van der Waals surface area (Å²) in [5.41, 5.74) is 1.25. The predicted octanol–water partition coefficient (Wildman–Crippen LogP) is 2.39. The Kier molecular flexibility index (Phi) is 4.66. The fraction of sp³-hybridized carbons (Fsp3) is 0.733. The van der Waals surface area contributed by atoms with Crippen LogP contribution >= 0.6 is 0 Å². The van der Waals surface area contributed by atoms with Crippen LogP contribution in [0.5, 0.6) is 0 Å². The molecule has 0 atom stereocenters. The molecule has 0 spiro atoms. The Morgan fingerprint density at radius 2 is 2.16 bits per heavy atom. The second kappa shape index (κ2) is 6.07. The molecule has 0 aliphatic heterocycles. The van der Waals surface area contributed by atoms with Crippen LogP contribution in [0.4, 0.5) is 0 Å². The van der Waals surface area contributed by atoms with E-state index in [1.54, 1.807) is 0 Å². The van der Waals surface area contributed by atoms with Crippen molar-refractivity contribution >= 4 is 0 Å². The average molecular weight is 266 g/mol. The largest absolute Gasteiger partial charge is 0.467 e. The molecule has 1 aromatic rings. The summed E-state index contributed by atoms with van der Waals surface area (Å²) in [5, 5.41) is 3.47. The van der Waals surface area contributed by atoms with Crippen LogP contribution in [-0.2, 0) is 17.9 Å². The number of hydrogen-bond donors (Lipinski definition) is 1. The minimum absolute atomic E-state index is 0.0446. The maximum Gasteiger partial charge on any atom is 0.129 e. The van der Waals surface area contributed by atoms with Crippen LogP contribution in [0.2, 0.25) is 0 Å². The highest BCUT2D eigenvalue weighted by molar-refractivity contribution is 5.12. The average Bonchev–Trinajstić information content (AvgIpc) is 3.06. The fourth-order valence-corrected chi connectivity index (χ4v) is 1.67. The molecule has 0 saturated heterocycles. The third kappa shape index (κ3) is 4.64. The van der Waals surface area contributed by atoms with Gasteiger partial charge in [0.05, 0.1) is 12.9 Å². The first-order chi connectivity index (χ1) is 8.97. The van der Waals surface area contributed by atoms with Gasteiger partial charge in [-0.25, -0.2) is 0 Å². The third-order valence-electron chi connectivity index (χ3n) is 3.79. The molecule has 1 heterocycles. The lowest BCUT2D eigenvalue weighted by Crippen LogP contribution is -2.42. The van der Waals surface area contributed by atoms with Crippen LogP contribution < -0.4 is 5.32 Å². The van der Waals surface area contributed by atoms with Gasteiger partial charge in [-0.05, 0) is 46.9 Å². The van der Waals surface area contributed by atoms with Crippen LogP contribution in [0.3, 0.4) is 0 Å². The number of likely N-dealkylation sites (N-methyl/N-ethyl adjacent to an activating group) is 1. The highest BCUT2D eigenvalue weighted by Crippen LogP contribution is 2.20. The summed E-state index contributed by atoms with van der Waals surface area (Å²) in [6.07, 6.45) is 4.45. The summed E-state index contributed by atoms with van der Waals surface area (Å²) in [6, 6.07) is 2.81. The molecule has 4 heteroatoms. The molecule has 108 valence electrons. The first-order valence-electron chi connectivity index (χ1n) is 7.02. The third-order valence-corrected chi connectivity index (χ3v) is 3.79. The predicted molar refractivity (Wildman–Crippen MR) is 76.0 cm³/mol. The van der Waals surface area contributed by atoms with Gasteiger partial charge < -0.3 is 19.4 Å². The normalized spacial score (nSPS) is 16.3. The summed E-state index contributed by atoms with van der Waals surface area (Å²) in [4.78, 5) is 2.17. The van der Waals surface area contributed by atoms with Gasteiger partial charge in [-0.2, -0.15) is 0 Å². The maximum atomic E-state index is 5.74. The second-order valence-electron chi connectivity index (χ2n) is 6.28. The zero-order valence-electron chi connectivity index (χ0n) is 12.5. The van der Waals surface area contributed by atoms with Gasteiger partial charge in [-0.15, -0.1) is 0 Å². The molecule has 1 saturated carbocycles. The van der Waals surface area contributed by atoms with Crippen LogP contribution in [-0.4, -0.2) is 37.2 Å². The molecule has 0 amide bonds. The van der Waals surface area contributed by atoms with E-state index in [1.165, 1.54) is 18.4 Å². The first kappa shape index (κ1) is 14.6. The minimum atomic E-state index is 0.0446. The molecule has 1 aromatic heterocycles. The summed E-state index contributed by atoms with van der Waals surface area (Å²) in [5.74, 6) is 0.905. The van der Waals surface area contributed by atoms with Crippen molar-refractivity contribution in [1.29, 1.82) is 0 Å². The van der Waals surface area contributed by atoms with Crippen molar-refractivity contribution in [2.45, 2.75) is 51.4 Å². The van der Waals surface area contributed by atoms with Gasteiger partial charge in [0.1, 0.15) is 12.4 Å². The zero-order chi connectivity index (χ0) is 13.9. The molecular formula is C15H26N2O2. The van der Waals surface area contributed by atoms with E-state index in [-0.39, 0.29) is 5.54 Å². The molecule has 0 radical (unpaired) electrons. The molecule has 1 N–H and O–H groups in total. The molecule has 2 rings (SSSR count). The number of rotatable bonds is 8. The number of nitrogens with one attached hydrogen (secondary N) is 1. The van der Waals surface area contributed by atoms with Gasteiger partial charge in [-0.3, -0.25) is 0 Å². The standard InChI is InChI=1S/C15H26N2O2/c1-15(2,17(3)4)11-18-10-14-7-12(9-19-14)8-16-13-5-6-13/h7,9,13,16H,5-6,8,10-11H2,1-4H3. The Morgan fingerprint density at radius 3 is 2.79 bits per heavy atom. The molecule has 0 aromatic carbocycles. The molecule has 1 aliphatic rings.